The second-order valence-electron chi connectivity index (χ2n) is 6.19. The first-order valence-electron chi connectivity index (χ1n) is 8.44. The van der Waals surface area contributed by atoms with Crippen molar-refractivity contribution in [1.29, 1.82) is 0 Å². The number of rotatable bonds is 8. The monoisotopic (exact) mass is 292 g/mol. The maximum absolute atomic E-state index is 13.1. The van der Waals surface area contributed by atoms with Gasteiger partial charge in [-0.15, -0.1) is 0 Å². The van der Waals surface area contributed by atoms with Gasteiger partial charge in [0, 0.05) is 12.6 Å². The van der Waals surface area contributed by atoms with Crippen molar-refractivity contribution >= 4 is 0 Å². The predicted octanol–water partition coefficient (Wildman–Crippen LogP) is 3.99. The van der Waals surface area contributed by atoms with E-state index in [-0.39, 0.29) is 5.82 Å². The third kappa shape index (κ3) is 5.08. The van der Waals surface area contributed by atoms with Gasteiger partial charge in [-0.05, 0) is 62.5 Å². The second kappa shape index (κ2) is 8.50. The summed E-state index contributed by atoms with van der Waals surface area (Å²) in [6.45, 7) is 8.99. The van der Waals surface area contributed by atoms with Gasteiger partial charge in [-0.2, -0.15) is 0 Å². The minimum absolute atomic E-state index is 0.157. The molecule has 1 aliphatic rings. The van der Waals surface area contributed by atoms with E-state index >= 15 is 0 Å². The number of halogens is 1. The molecular formula is C18H29FN2. The number of likely N-dealkylation sites (tertiary alicyclic amines) is 1. The molecule has 0 radical (unpaired) electrons. The lowest BCUT2D eigenvalue weighted by Crippen LogP contribution is -2.28. The minimum atomic E-state index is -0.157. The standard InChI is InChI=1S/C18H29FN2/c1-3-5-15-10-12-21(14-15)13-11-18(20-4-2)16-6-8-17(19)9-7-16/h6-9,15,18,20H,3-5,10-14H2,1-2H3. The Balaban J connectivity index is 1.84. The average Bonchev–Trinajstić information content (AvgIpc) is 2.93. The van der Waals surface area contributed by atoms with Gasteiger partial charge in [-0.1, -0.05) is 32.4 Å². The van der Waals surface area contributed by atoms with Crippen LogP contribution in [-0.2, 0) is 0 Å². The summed E-state index contributed by atoms with van der Waals surface area (Å²) in [6.07, 6.45) is 5.12. The highest BCUT2D eigenvalue weighted by Gasteiger charge is 2.22. The van der Waals surface area contributed by atoms with Crippen LogP contribution in [0.25, 0.3) is 0 Å². The van der Waals surface area contributed by atoms with E-state index in [4.69, 9.17) is 0 Å². The molecule has 0 bridgehead atoms. The summed E-state index contributed by atoms with van der Waals surface area (Å²) in [5, 5.41) is 3.53. The van der Waals surface area contributed by atoms with E-state index in [0.717, 1.165) is 25.4 Å². The molecule has 3 heteroatoms. The van der Waals surface area contributed by atoms with Gasteiger partial charge in [-0.25, -0.2) is 4.39 Å². The SMILES string of the molecule is CCCC1CCN(CCC(NCC)c2ccc(F)cc2)C1. The number of hydrogen-bond donors (Lipinski definition) is 1. The molecule has 2 unspecified atom stereocenters. The summed E-state index contributed by atoms with van der Waals surface area (Å²) in [5.41, 5.74) is 1.20. The molecule has 0 spiro atoms. The van der Waals surface area contributed by atoms with E-state index in [2.05, 4.69) is 24.1 Å². The predicted molar refractivity (Wildman–Crippen MR) is 86.9 cm³/mol. The molecule has 2 atom stereocenters. The molecule has 1 aliphatic heterocycles. The highest BCUT2D eigenvalue weighted by atomic mass is 19.1. The first-order chi connectivity index (χ1) is 10.2. The van der Waals surface area contributed by atoms with Crippen molar-refractivity contribution < 1.29 is 4.39 Å². The lowest BCUT2D eigenvalue weighted by molar-refractivity contribution is 0.297. The van der Waals surface area contributed by atoms with Crippen molar-refractivity contribution in [1.82, 2.24) is 10.2 Å². The number of nitrogens with zero attached hydrogens (tertiary/aromatic N) is 1. The molecule has 1 heterocycles. The Labute approximate surface area is 128 Å². The molecule has 0 amide bonds. The normalized spacial score (nSPS) is 20.8. The van der Waals surface area contributed by atoms with Crippen LogP contribution in [0.3, 0.4) is 0 Å². The smallest absolute Gasteiger partial charge is 0.123 e. The molecule has 1 aromatic rings. The fourth-order valence-electron chi connectivity index (χ4n) is 3.40. The summed E-state index contributed by atoms with van der Waals surface area (Å²) >= 11 is 0. The van der Waals surface area contributed by atoms with Crippen molar-refractivity contribution in [3.8, 4) is 0 Å². The second-order valence-corrected chi connectivity index (χ2v) is 6.19. The number of hydrogen-bond acceptors (Lipinski definition) is 2. The maximum Gasteiger partial charge on any atom is 0.123 e. The van der Waals surface area contributed by atoms with Gasteiger partial charge < -0.3 is 10.2 Å². The molecule has 21 heavy (non-hydrogen) atoms. The zero-order chi connectivity index (χ0) is 15.1. The molecule has 2 nitrogen and oxygen atoms in total. The molecule has 0 aromatic heterocycles. The van der Waals surface area contributed by atoms with Crippen molar-refractivity contribution in [2.45, 2.75) is 45.6 Å². The third-order valence-electron chi connectivity index (χ3n) is 4.52. The largest absolute Gasteiger partial charge is 0.310 e. The molecule has 1 aromatic carbocycles. The number of benzene rings is 1. The first kappa shape index (κ1) is 16.4. The lowest BCUT2D eigenvalue weighted by atomic mass is 10.0. The van der Waals surface area contributed by atoms with E-state index in [0.29, 0.717) is 6.04 Å². The van der Waals surface area contributed by atoms with Crippen LogP contribution in [0.4, 0.5) is 4.39 Å². The van der Waals surface area contributed by atoms with Crippen LogP contribution in [0.1, 0.15) is 51.1 Å². The first-order valence-corrected chi connectivity index (χ1v) is 8.44. The van der Waals surface area contributed by atoms with Crippen LogP contribution in [0, 0.1) is 11.7 Å². The van der Waals surface area contributed by atoms with Crippen LogP contribution >= 0.6 is 0 Å². The molecule has 2 rings (SSSR count). The Morgan fingerprint density at radius 2 is 2.05 bits per heavy atom. The Morgan fingerprint density at radius 1 is 1.29 bits per heavy atom. The van der Waals surface area contributed by atoms with Gasteiger partial charge in [0.05, 0.1) is 0 Å². The Kier molecular flexibility index (Phi) is 6.65. The summed E-state index contributed by atoms with van der Waals surface area (Å²) in [6, 6.07) is 7.28. The molecule has 1 saturated heterocycles. The number of nitrogens with one attached hydrogen (secondary N) is 1. The van der Waals surface area contributed by atoms with Crippen molar-refractivity contribution in [2.24, 2.45) is 5.92 Å². The third-order valence-corrected chi connectivity index (χ3v) is 4.52. The Morgan fingerprint density at radius 3 is 2.71 bits per heavy atom. The molecule has 0 saturated carbocycles. The zero-order valence-electron chi connectivity index (χ0n) is 13.4. The summed E-state index contributed by atoms with van der Waals surface area (Å²) in [4.78, 5) is 2.59. The van der Waals surface area contributed by atoms with Crippen molar-refractivity contribution in [3.05, 3.63) is 35.6 Å². The molecule has 1 N–H and O–H groups in total. The van der Waals surface area contributed by atoms with Crippen LogP contribution in [0.15, 0.2) is 24.3 Å². The van der Waals surface area contributed by atoms with E-state index in [1.807, 2.05) is 12.1 Å². The van der Waals surface area contributed by atoms with E-state index in [1.165, 1.54) is 37.9 Å². The highest BCUT2D eigenvalue weighted by molar-refractivity contribution is 5.20. The zero-order valence-corrected chi connectivity index (χ0v) is 13.4. The molecule has 118 valence electrons. The highest BCUT2D eigenvalue weighted by Crippen LogP contribution is 2.23. The fourth-order valence-corrected chi connectivity index (χ4v) is 3.40. The van der Waals surface area contributed by atoms with Crippen molar-refractivity contribution in [3.63, 3.8) is 0 Å². The van der Waals surface area contributed by atoms with Gasteiger partial charge in [0.1, 0.15) is 5.82 Å². The van der Waals surface area contributed by atoms with Crippen LogP contribution < -0.4 is 5.32 Å². The van der Waals surface area contributed by atoms with Gasteiger partial charge in [0.2, 0.25) is 0 Å². The maximum atomic E-state index is 13.1. The van der Waals surface area contributed by atoms with Gasteiger partial charge >= 0.3 is 0 Å². The minimum Gasteiger partial charge on any atom is -0.310 e. The summed E-state index contributed by atoms with van der Waals surface area (Å²) < 4.78 is 13.1. The van der Waals surface area contributed by atoms with Crippen LogP contribution in [0.2, 0.25) is 0 Å². The summed E-state index contributed by atoms with van der Waals surface area (Å²) in [5.74, 6) is 0.745. The van der Waals surface area contributed by atoms with Gasteiger partial charge in [0.15, 0.2) is 0 Å². The molecular weight excluding hydrogens is 263 g/mol. The average molecular weight is 292 g/mol. The topological polar surface area (TPSA) is 15.3 Å². The Hall–Kier alpha value is -0.930. The van der Waals surface area contributed by atoms with E-state index in [9.17, 15) is 4.39 Å². The van der Waals surface area contributed by atoms with Crippen LogP contribution in [0.5, 0.6) is 0 Å². The van der Waals surface area contributed by atoms with Crippen molar-refractivity contribution in [2.75, 3.05) is 26.2 Å². The fraction of sp³-hybridized carbons (Fsp3) is 0.667. The van der Waals surface area contributed by atoms with Crippen LogP contribution in [-0.4, -0.2) is 31.1 Å². The quantitative estimate of drug-likeness (QED) is 0.779. The van der Waals surface area contributed by atoms with E-state index < -0.39 is 0 Å². The lowest BCUT2D eigenvalue weighted by Gasteiger charge is -2.22. The molecule has 1 fully saturated rings. The van der Waals surface area contributed by atoms with E-state index in [1.54, 1.807) is 12.1 Å². The summed E-state index contributed by atoms with van der Waals surface area (Å²) in [7, 11) is 0. The molecule has 0 aliphatic carbocycles. The van der Waals surface area contributed by atoms with Gasteiger partial charge in [-0.3, -0.25) is 0 Å². The van der Waals surface area contributed by atoms with Gasteiger partial charge in [0.25, 0.3) is 0 Å². The Bertz CT molecular complexity index is 404.